The topological polar surface area (TPSA) is 135 Å². The molecule has 28 heavy (non-hydrogen) atoms. The Bertz CT molecular complexity index is 845. The van der Waals surface area contributed by atoms with Crippen LogP contribution in [0.3, 0.4) is 0 Å². The minimum atomic E-state index is -0.366. The Kier molecular flexibility index (Phi) is 7.27. The Morgan fingerprint density at radius 2 is 1.18 bits per heavy atom. The average Bonchev–Trinajstić information content (AvgIpc) is 2.68. The molecular formula is C20H24N6O2. The third-order valence-electron chi connectivity index (χ3n) is 3.88. The molecule has 0 saturated carbocycles. The van der Waals surface area contributed by atoms with Crippen molar-refractivity contribution < 1.29 is 9.59 Å². The normalized spacial score (nSPS) is 11.8. The van der Waals surface area contributed by atoms with E-state index < -0.39 is 0 Å². The fourth-order valence-corrected chi connectivity index (χ4v) is 2.29. The van der Waals surface area contributed by atoms with Gasteiger partial charge in [-0.1, -0.05) is 24.3 Å². The lowest BCUT2D eigenvalue weighted by molar-refractivity contribution is -0.126. The molecule has 146 valence electrons. The van der Waals surface area contributed by atoms with Crippen LogP contribution in [0.1, 0.15) is 37.8 Å². The lowest BCUT2D eigenvalue weighted by Crippen LogP contribution is -2.24. The Balaban J connectivity index is 1.79. The highest BCUT2D eigenvalue weighted by Gasteiger charge is 2.07. The molecule has 0 fully saturated rings. The van der Waals surface area contributed by atoms with Crippen LogP contribution in [0, 0.1) is 0 Å². The number of amides is 2. The molecule has 0 aliphatic rings. The maximum absolute atomic E-state index is 11.9. The number of rotatable bonds is 7. The number of hydrazone groups is 2. The molecule has 0 unspecified atom stereocenters. The summed E-state index contributed by atoms with van der Waals surface area (Å²) in [7, 11) is 0. The average molecular weight is 380 g/mol. The zero-order chi connectivity index (χ0) is 20.5. The van der Waals surface area contributed by atoms with Crippen LogP contribution >= 0.6 is 0 Å². The Hall–Kier alpha value is -3.68. The highest BCUT2D eigenvalue weighted by Crippen LogP contribution is 2.08. The largest absolute Gasteiger partial charge is 0.399 e. The Morgan fingerprint density at radius 1 is 0.786 bits per heavy atom. The SMILES string of the molecule is C/C(=N\NC(=O)CCC(=O)N/N=C(\C)c1cccc(N)c1)c1cccc(N)c1. The second kappa shape index (κ2) is 9.86. The molecule has 2 rings (SSSR count). The Morgan fingerprint density at radius 3 is 1.54 bits per heavy atom. The minimum absolute atomic E-state index is 0.00754. The number of nitrogens with zero attached hydrogens (tertiary/aromatic N) is 2. The zero-order valence-electron chi connectivity index (χ0n) is 15.9. The standard InChI is InChI=1S/C20H24N6O2/c1-13(15-5-3-7-17(21)11-15)23-25-19(27)9-10-20(28)26-24-14(2)16-6-4-8-18(22)12-16/h3-8,11-12H,9-10,21-22H2,1-2H3,(H,25,27)(H,26,28)/b23-13+,24-14+. The van der Waals surface area contributed by atoms with Crippen molar-refractivity contribution in [3.05, 3.63) is 59.7 Å². The van der Waals surface area contributed by atoms with E-state index in [2.05, 4.69) is 21.1 Å². The van der Waals surface area contributed by atoms with Gasteiger partial charge >= 0.3 is 0 Å². The van der Waals surface area contributed by atoms with Gasteiger partial charge in [0.15, 0.2) is 0 Å². The van der Waals surface area contributed by atoms with Crippen LogP contribution in [-0.2, 0) is 9.59 Å². The lowest BCUT2D eigenvalue weighted by Gasteiger charge is -2.05. The van der Waals surface area contributed by atoms with Crippen LogP contribution in [0.25, 0.3) is 0 Å². The summed E-state index contributed by atoms with van der Waals surface area (Å²) < 4.78 is 0. The molecule has 0 aliphatic heterocycles. The van der Waals surface area contributed by atoms with E-state index in [1.165, 1.54) is 0 Å². The molecule has 8 heteroatoms. The van der Waals surface area contributed by atoms with E-state index in [-0.39, 0.29) is 24.7 Å². The summed E-state index contributed by atoms with van der Waals surface area (Å²) in [5, 5.41) is 8.05. The number of carbonyl (C=O) groups excluding carboxylic acids is 2. The zero-order valence-corrected chi connectivity index (χ0v) is 15.9. The minimum Gasteiger partial charge on any atom is -0.399 e. The summed E-state index contributed by atoms with van der Waals surface area (Å²) in [6, 6.07) is 14.4. The van der Waals surface area contributed by atoms with Crippen LogP contribution in [0.5, 0.6) is 0 Å². The van der Waals surface area contributed by atoms with Gasteiger partial charge < -0.3 is 11.5 Å². The van der Waals surface area contributed by atoms with Gasteiger partial charge in [-0.15, -0.1) is 0 Å². The number of hydrogen-bond acceptors (Lipinski definition) is 6. The molecular weight excluding hydrogens is 356 g/mol. The predicted molar refractivity (Wildman–Crippen MR) is 112 cm³/mol. The van der Waals surface area contributed by atoms with Crippen molar-refractivity contribution >= 4 is 34.6 Å². The van der Waals surface area contributed by atoms with E-state index in [0.717, 1.165) is 11.1 Å². The molecule has 2 aromatic rings. The summed E-state index contributed by atoms with van der Waals surface area (Å²) in [6.45, 7) is 3.52. The van der Waals surface area contributed by atoms with Crippen LogP contribution in [0.2, 0.25) is 0 Å². The van der Waals surface area contributed by atoms with E-state index >= 15 is 0 Å². The maximum atomic E-state index is 11.9. The molecule has 0 saturated heterocycles. The van der Waals surface area contributed by atoms with E-state index in [4.69, 9.17) is 11.5 Å². The molecule has 0 aromatic heterocycles. The summed E-state index contributed by atoms with van der Waals surface area (Å²) in [4.78, 5) is 23.7. The summed E-state index contributed by atoms with van der Waals surface area (Å²) in [6.07, 6.45) is -0.0151. The number of anilines is 2. The van der Waals surface area contributed by atoms with Gasteiger partial charge in [0.25, 0.3) is 0 Å². The van der Waals surface area contributed by atoms with Gasteiger partial charge in [0.1, 0.15) is 0 Å². The molecule has 0 atom stereocenters. The first-order valence-corrected chi connectivity index (χ1v) is 8.73. The molecule has 2 aromatic carbocycles. The fraction of sp³-hybridized carbons (Fsp3) is 0.200. The van der Waals surface area contributed by atoms with Gasteiger partial charge in [0, 0.05) is 24.2 Å². The lowest BCUT2D eigenvalue weighted by atomic mass is 10.1. The van der Waals surface area contributed by atoms with Gasteiger partial charge in [0.2, 0.25) is 11.8 Å². The van der Waals surface area contributed by atoms with Gasteiger partial charge in [0.05, 0.1) is 11.4 Å². The van der Waals surface area contributed by atoms with Crippen molar-refractivity contribution in [1.82, 2.24) is 10.9 Å². The van der Waals surface area contributed by atoms with Gasteiger partial charge in [-0.05, 0) is 49.2 Å². The molecule has 6 N–H and O–H groups in total. The number of nitrogen functional groups attached to an aromatic ring is 2. The highest BCUT2D eigenvalue weighted by molar-refractivity contribution is 6.00. The fourth-order valence-electron chi connectivity index (χ4n) is 2.29. The second-order valence-electron chi connectivity index (χ2n) is 6.22. The first-order chi connectivity index (χ1) is 13.3. The van der Waals surface area contributed by atoms with Gasteiger partial charge in [-0.25, -0.2) is 10.9 Å². The molecule has 0 bridgehead atoms. The smallest absolute Gasteiger partial charge is 0.240 e. The summed E-state index contributed by atoms with van der Waals surface area (Å²) in [5.41, 5.74) is 20.4. The van der Waals surface area contributed by atoms with Crippen LogP contribution in [-0.4, -0.2) is 23.2 Å². The van der Waals surface area contributed by atoms with Crippen molar-refractivity contribution in [2.24, 2.45) is 10.2 Å². The van der Waals surface area contributed by atoms with Crippen LogP contribution in [0.15, 0.2) is 58.7 Å². The van der Waals surface area contributed by atoms with E-state index in [9.17, 15) is 9.59 Å². The first-order valence-electron chi connectivity index (χ1n) is 8.73. The predicted octanol–water partition coefficient (Wildman–Crippen LogP) is 2.01. The number of carbonyl (C=O) groups is 2. The number of nitrogens with two attached hydrogens (primary N) is 2. The van der Waals surface area contributed by atoms with Gasteiger partial charge in [-0.2, -0.15) is 10.2 Å². The molecule has 0 spiro atoms. The molecule has 0 radical (unpaired) electrons. The van der Waals surface area contributed by atoms with Crippen molar-refractivity contribution in [3.63, 3.8) is 0 Å². The van der Waals surface area contributed by atoms with Crippen molar-refractivity contribution in [2.75, 3.05) is 11.5 Å². The van der Waals surface area contributed by atoms with E-state index in [0.29, 0.717) is 22.8 Å². The highest BCUT2D eigenvalue weighted by atomic mass is 16.2. The molecule has 2 amide bonds. The molecule has 0 heterocycles. The van der Waals surface area contributed by atoms with E-state index in [1.807, 2.05) is 24.3 Å². The van der Waals surface area contributed by atoms with Crippen molar-refractivity contribution in [3.8, 4) is 0 Å². The van der Waals surface area contributed by atoms with Gasteiger partial charge in [-0.3, -0.25) is 9.59 Å². The third kappa shape index (κ3) is 6.56. The third-order valence-corrected chi connectivity index (χ3v) is 3.88. The summed E-state index contributed by atoms with van der Waals surface area (Å²) in [5.74, 6) is -0.732. The second-order valence-corrected chi connectivity index (χ2v) is 6.22. The first kappa shape index (κ1) is 20.6. The number of nitrogens with one attached hydrogen (secondary N) is 2. The quantitative estimate of drug-likeness (QED) is 0.332. The summed E-state index contributed by atoms with van der Waals surface area (Å²) >= 11 is 0. The maximum Gasteiger partial charge on any atom is 0.240 e. The molecule has 8 nitrogen and oxygen atoms in total. The molecule has 0 aliphatic carbocycles. The van der Waals surface area contributed by atoms with Crippen LogP contribution in [0.4, 0.5) is 11.4 Å². The van der Waals surface area contributed by atoms with Crippen LogP contribution < -0.4 is 22.3 Å². The Labute approximate surface area is 163 Å². The van der Waals surface area contributed by atoms with E-state index in [1.54, 1.807) is 38.1 Å². The number of hydrogen-bond donors (Lipinski definition) is 4. The number of benzene rings is 2. The monoisotopic (exact) mass is 380 g/mol. The van der Waals surface area contributed by atoms with Crippen molar-refractivity contribution in [2.45, 2.75) is 26.7 Å². The van der Waals surface area contributed by atoms with Crippen molar-refractivity contribution in [1.29, 1.82) is 0 Å².